The molecule has 2 fully saturated rings. The first-order valence-electron chi connectivity index (χ1n) is 5.89. The lowest BCUT2D eigenvalue weighted by atomic mass is 10.1. The molecule has 1 aromatic heterocycles. The van der Waals surface area contributed by atoms with Gasteiger partial charge in [0.1, 0.15) is 5.69 Å². The van der Waals surface area contributed by atoms with E-state index >= 15 is 0 Å². The van der Waals surface area contributed by atoms with Crippen molar-refractivity contribution < 1.29 is 9.53 Å². The predicted octanol–water partition coefficient (Wildman–Crippen LogP) is 1.12. The highest BCUT2D eigenvalue weighted by Gasteiger charge is 2.39. The number of aromatic nitrogens is 1. The van der Waals surface area contributed by atoms with Gasteiger partial charge in [0.2, 0.25) is 0 Å². The van der Waals surface area contributed by atoms with E-state index in [4.69, 9.17) is 10.5 Å². The van der Waals surface area contributed by atoms with Crippen LogP contribution in [0.4, 0.5) is 5.13 Å². The first kappa shape index (κ1) is 11.0. The third-order valence-electron chi connectivity index (χ3n) is 3.48. The maximum atomic E-state index is 12.3. The molecule has 2 atom stereocenters. The number of carbonyl (C=O) groups is 1. The molecule has 2 N–H and O–H groups in total. The Hall–Kier alpha value is -1.14. The second-order valence-electron chi connectivity index (χ2n) is 4.48. The van der Waals surface area contributed by atoms with Gasteiger partial charge in [-0.25, -0.2) is 4.98 Å². The van der Waals surface area contributed by atoms with Gasteiger partial charge in [-0.15, -0.1) is 11.3 Å². The molecule has 0 bridgehead atoms. The van der Waals surface area contributed by atoms with Gasteiger partial charge in [0.05, 0.1) is 18.8 Å². The summed E-state index contributed by atoms with van der Waals surface area (Å²) < 4.78 is 5.69. The number of hydrogen-bond donors (Lipinski definition) is 1. The van der Waals surface area contributed by atoms with Crippen LogP contribution in [-0.2, 0) is 4.74 Å². The van der Waals surface area contributed by atoms with Crippen LogP contribution >= 0.6 is 11.3 Å². The quantitative estimate of drug-likeness (QED) is 0.814. The average Bonchev–Trinajstić information content (AvgIpc) is 2.95. The summed E-state index contributed by atoms with van der Waals surface area (Å²) in [6.07, 6.45) is 3.46. The number of thiazole rings is 1. The van der Waals surface area contributed by atoms with E-state index in [0.29, 0.717) is 24.0 Å². The van der Waals surface area contributed by atoms with Gasteiger partial charge >= 0.3 is 0 Å². The number of anilines is 1. The lowest BCUT2D eigenvalue weighted by Crippen LogP contribution is -2.51. The number of amides is 1. The Morgan fingerprint density at radius 2 is 2.47 bits per heavy atom. The van der Waals surface area contributed by atoms with Crippen LogP contribution in [0.3, 0.4) is 0 Å². The first-order valence-corrected chi connectivity index (χ1v) is 6.77. The Morgan fingerprint density at radius 1 is 1.59 bits per heavy atom. The van der Waals surface area contributed by atoms with Crippen molar-refractivity contribution >= 4 is 22.4 Å². The predicted molar refractivity (Wildman–Crippen MR) is 64.9 cm³/mol. The Balaban J connectivity index is 1.81. The van der Waals surface area contributed by atoms with Crippen molar-refractivity contribution in [2.24, 2.45) is 0 Å². The van der Waals surface area contributed by atoms with E-state index in [2.05, 4.69) is 4.98 Å². The van der Waals surface area contributed by atoms with Gasteiger partial charge in [-0.3, -0.25) is 4.79 Å². The molecule has 3 rings (SSSR count). The van der Waals surface area contributed by atoms with Crippen LogP contribution in [0.15, 0.2) is 5.38 Å². The van der Waals surface area contributed by atoms with E-state index in [9.17, 15) is 4.79 Å². The van der Waals surface area contributed by atoms with E-state index in [1.165, 1.54) is 11.3 Å². The largest absolute Gasteiger partial charge is 0.375 e. The minimum atomic E-state index is -0.00171. The fourth-order valence-corrected chi connectivity index (χ4v) is 3.25. The number of nitrogens with zero attached hydrogens (tertiary/aromatic N) is 2. The monoisotopic (exact) mass is 253 g/mol. The molecule has 0 aromatic carbocycles. The molecule has 2 unspecified atom stereocenters. The van der Waals surface area contributed by atoms with E-state index in [-0.39, 0.29) is 18.1 Å². The highest BCUT2D eigenvalue weighted by Crippen LogP contribution is 2.30. The third-order valence-corrected chi connectivity index (χ3v) is 4.16. The second-order valence-corrected chi connectivity index (χ2v) is 5.37. The molecule has 5 nitrogen and oxygen atoms in total. The van der Waals surface area contributed by atoms with Crippen LogP contribution in [0, 0.1) is 0 Å². The summed E-state index contributed by atoms with van der Waals surface area (Å²) in [4.78, 5) is 18.3. The minimum absolute atomic E-state index is 0.00171. The lowest BCUT2D eigenvalue weighted by Gasteiger charge is -2.37. The van der Waals surface area contributed by atoms with Crippen molar-refractivity contribution in [3.63, 3.8) is 0 Å². The van der Waals surface area contributed by atoms with Gasteiger partial charge in [-0.1, -0.05) is 0 Å². The summed E-state index contributed by atoms with van der Waals surface area (Å²) in [5.41, 5.74) is 6.04. The van der Waals surface area contributed by atoms with E-state index in [0.717, 1.165) is 19.3 Å². The summed E-state index contributed by atoms with van der Waals surface area (Å²) >= 11 is 1.31. The third kappa shape index (κ3) is 1.91. The standard InChI is InChI=1S/C11H15N3O2S/c12-11-13-7(6-17-11)10(15)14-4-5-16-9-3-1-2-8(9)14/h6,8-9H,1-5H2,(H2,12,13). The normalized spacial score (nSPS) is 28.1. The van der Waals surface area contributed by atoms with Crippen molar-refractivity contribution in [1.82, 2.24) is 9.88 Å². The van der Waals surface area contributed by atoms with E-state index < -0.39 is 0 Å². The van der Waals surface area contributed by atoms with Crippen molar-refractivity contribution in [2.45, 2.75) is 31.4 Å². The number of ether oxygens (including phenoxy) is 1. The molecule has 0 radical (unpaired) electrons. The van der Waals surface area contributed by atoms with Crippen LogP contribution in [0.25, 0.3) is 0 Å². The molecular formula is C11H15N3O2S. The Bertz CT molecular complexity index is 434. The maximum Gasteiger partial charge on any atom is 0.273 e. The second kappa shape index (κ2) is 4.27. The van der Waals surface area contributed by atoms with Crippen molar-refractivity contribution in [1.29, 1.82) is 0 Å². The number of rotatable bonds is 1. The zero-order valence-corrected chi connectivity index (χ0v) is 10.3. The Kier molecular flexibility index (Phi) is 2.76. The van der Waals surface area contributed by atoms with Crippen molar-refractivity contribution in [2.75, 3.05) is 18.9 Å². The zero-order valence-electron chi connectivity index (χ0n) is 9.46. The molecule has 2 aliphatic rings. The highest BCUT2D eigenvalue weighted by atomic mass is 32.1. The molecule has 0 spiro atoms. The molecule has 1 aromatic rings. The Labute approximate surface area is 104 Å². The van der Waals surface area contributed by atoms with Gasteiger partial charge in [0.25, 0.3) is 5.91 Å². The molecule has 6 heteroatoms. The number of morpholine rings is 1. The van der Waals surface area contributed by atoms with Crippen molar-refractivity contribution in [3.8, 4) is 0 Å². The molecule has 1 saturated heterocycles. The van der Waals surface area contributed by atoms with Crippen LogP contribution in [0.1, 0.15) is 29.8 Å². The SMILES string of the molecule is Nc1nc(C(=O)N2CCOC3CCCC32)cs1. The molecule has 17 heavy (non-hydrogen) atoms. The van der Waals surface area contributed by atoms with Crippen LogP contribution < -0.4 is 5.73 Å². The number of nitrogen functional groups attached to an aromatic ring is 1. The van der Waals surface area contributed by atoms with Gasteiger partial charge in [-0.2, -0.15) is 0 Å². The van der Waals surface area contributed by atoms with Gasteiger partial charge < -0.3 is 15.4 Å². The number of fused-ring (bicyclic) bond motifs is 1. The average molecular weight is 253 g/mol. The summed E-state index contributed by atoms with van der Waals surface area (Å²) in [5.74, 6) is -0.00171. The number of nitrogens with two attached hydrogens (primary N) is 1. The zero-order chi connectivity index (χ0) is 11.8. The summed E-state index contributed by atoms with van der Waals surface area (Å²) in [6.45, 7) is 1.30. The highest BCUT2D eigenvalue weighted by molar-refractivity contribution is 7.13. The maximum absolute atomic E-state index is 12.3. The fraction of sp³-hybridized carbons (Fsp3) is 0.636. The molecule has 1 aliphatic heterocycles. The molecule has 1 amide bonds. The fourth-order valence-electron chi connectivity index (χ4n) is 2.71. The first-order chi connectivity index (χ1) is 8.25. The molecular weight excluding hydrogens is 238 g/mol. The molecule has 2 heterocycles. The number of hydrogen-bond acceptors (Lipinski definition) is 5. The topological polar surface area (TPSA) is 68.5 Å². The van der Waals surface area contributed by atoms with E-state index in [1.54, 1.807) is 5.38 Å². The van der Waals surface area contributed by atoms with Crippen molar-refractivity contribution in [3.05, 3.63) is 11.1 Å². The van der Waals surface area contributed by atoms with Gasteiger partial charge in [0.15, 0.2) is 5.13 Å². The number of carbonyl (C=O) groups excluding carboxylic acids is 1. The van der Waals surface area contributed by atoms with Gasteiger partial charge in [0, 0.05) is 11.9 Å². The Morgan fingerprint density at radius 3 is 3.24 bits per heavy atom. The van der Waals surface area contributed by atoms with Crippen LogP contribution in [0.2, 0.25) is 0 Å². The minimum Gasteiger partial charge on any atom is -0.375 e. The smallest absolute Gasteiger partial charge is 0.273 e. The molecule has 92 valence electrons. The summed E-state index contributed by atoms with van der Waals surface area (Å²) in [6, 6.07) is 0.235. The molecule has 1 saturated carbocycles. The van der Waals surface area contributed by atoms with E-state index in [1.807, 2.05) is 4.90 Å². The van der Waals surface area contributed by atoms with Crippen LogP contribution in [0.5, 0.6) is 0 Å². The summed E-state index contributed by atoms with van der Waals surface area (Å²) in [5, 5.41) is 2.18. The lowest BCUT2D eigenvalue weighted by molar-refractivity contribution is -0.0446. The summed E-state index contributed by atoms with van der Waals surface area (Å²) in [7, 11) is 0. The van der Waals surface area contributed by atoms with Gasteiger partial charge in [-0.05, 0) is 19.3 Å². The molecule has 1 aliphatic carbocycles. The van der Waals surface area contributed by atoms with Crippen LogP contribution in [-0.4, -0.2) is 41.1 Å².